The standard InChI is InChI=1S/C14H18ClNO3/c1-3-7-14(2,13(18)19)16-12(17)9-10-5-4-6-11(15)8-10/h4-6,8H,3,7,9H2,1-2H3,(H,16,17)(H,18,19). The minimum atomic E-state index is -1.22. The van der Waals surface area contributed by atoms with Crippen molar-refractivity contribution in [2.75, 3.05) is 0 Å². The van der Waals surface area contributed by atoms with Crippen molar-refractivity contribution < 1.29 is 14.7 Å². The average molecular weight is 284 g/mol. The van der Waals surface area contributed by atoms with E-state index in [1.165, 1.54) is 6.92 Å². The Labute approximate surface area is 117 Å². The lowest BCUT2D eigenvalue weighted by Gasteiger charge is -2.25. The molecule has 1 aromatic rings. The van der Waals surface area contributed by atoms with E-state index in [0.717, 1.165) is 5.56 Å². The molecule has 0 fully saturated rings. The topological polar surface area (TPSA) is 66.4 Å². The van der Waals surface area contributed by atoms with E-state index in [2.05, 4.69) is 5.32 Å². The molecule has 0 heterocycles. The van der Waals surface area contributed by atoms with E-state index < -0.39 is 11.5 Å². The molecule has 0 aromatic heterocycles. The van der Waals surface area contributed by atoms with Crippen molar-refractivity contribution in [3.05, 3.63) is 34.9 Å². The van der Waals surface area contributed by atoms with Crippen LogP contribution in [0.4, 0.5) is 0 Å². The number of carbonyl (C=O) groups excluding carboxylic acids is 1. The average Bonchev–Trinajstić information content (AvgIpc) is 2.28. The highest BCUT2D eigenvalue weighted by atomic mass is 35.5. The Morgan fingerprint density at radius 3 is 2.63 bits per heavy atom. The predicted molar refractivity (Wildman–Crippen MR) is 74.2 cm³/mol. The predicted octanol–water partition coefficient (Wildman–Crippen LogP) is 2.64. The molecule has 1 unspecified atom stereocenters. The first-order valence-electron chi connectivity index (χ1n) is 6.16. The third-order valence-corrected chi connectivity index (χ3v) is 3.13. The number of carboxylic acid groups (broad SMARTS) is 1. The highest BCUT2D eigenvalue weighted by molar-refractivity contribution is 6.30. The van der Waals surface area contributed by atoms with Crippen molar-refractivity contribution in [1.82, 2.24) is 5.32 Å². The van der Waals surface area contributed by atoms with Gasteiger partial charge in [-0.2, -0.15) is 0 Å². The van der Waals surface area contributed by atoms with Crippen LogP contribution < -0.4 is 5.32 Å². The third-order valence-electron chi connectivity index (χ3n) is 2.89. The minimum Gasteiger partial charge on any atom is -0.480 e. The molecule has 19 heavy (non-hydrogen) atoms. The van der Waals surface area contributed by atoms with Crippen LogP contribution in [0.2, 0.25) is 5.02 Å². The van der Waals surface area contributed by atoms with Crippen LogP contribution in [0.3, 0.4) is 0 Å². The van der Waals surface area contributed by atoms with E-state index in [1.54, 1.807) is 24.3 Å². The maximum atomic E-state index is 11.9. The fourth-order valence-electron chi connectivity index (χ4n) is 1.91. The summed E-state index contributed by atoms with van der Waals surface area (Å²) >= 11 is 5.84. The van der Waals surface area contributed by atoms with Crippen LogP contribution in [-0.4, -0.2) is 22.5 Å². The van der Waals surface area contributed by atoms with Crippen LogP contribution in [0.25, 0.3) is 0 Å². The van der Waals surface area contributed by atoms with Crippen LogP contribution in [0.1, 0.15) is 32.3 Å². The van der Waals surface area contributed by atoms with Gasteiger partial charge in [0.2, 0.25) is 5.91 Å². The molecule has 5 heteroatoms. The zero-order valence-corrected chi connectivity index (χ0v) is 11.8. The SMILES string of the molecule is CCCC(C)(NC(=O)Cc1cccc(Cl)c1)C(=O)O. The fraction of sp³-hybridized carbons (Fsp3) is 0.429. The number of rotatable bonds is 6. The van der Waals surface area contributed by atoms with Crippen molar-refractivity contribution in [1.29, 1.82) is 0 Å². The number of hydrogen-bond donors (Lipinski definition) is 2. The number of aliphatic carboxylic acids is 1. The number of halogens is 1. The van der Waals surface area contributed by atoms with E-state index in [9.17, 15) is 14.7 Å². The number of carbonyl (C=O) groups is 2. The molecule has 1 rings (SSSR count). The quantitative estimate of drug-likeness (QED) is 0.843. The maximum Gasteiger partial charge on any atom is 0.329 e. The van der Waals surface area contributed by atoms with Crippen LogP contribution in [0.15, 0.2) is 24.3 Å². The summed E-state index contributed by atoms with van der Waals surface area (Å²) in [6.07, 6.45) is 1.19. The van der Waals surface area contributed by atoms with Crippen LogP contribution >= 0.6 is 11.6 Å². The number of benzene rings is 1. The van der Waals surface area contributed by atoms with Gasteiger partial charge < -0.3 is 10.4 Å². The molecule has 0 saturated heterocycles. The molecule has 0 aliphatic heterocycles. The molecule has 2 N–H and O–H groups in total. The molecular weight excluding hydrogens is 266 g/mol. The Hall–Kier alpha value is -1.55. The molecule has 0 aliphatic carbocycles. The van der Waals surface area contributed by atoms with Gasteiger partial charge in [-0.05, 0) is 31.0 Å². The lowest BCUT2D eigenvalue weighted by Crippen LogP contribution is -2.52. The largest absolute Gasteiger partial charge is 0.480 e. The van der Waals surface area contributed by atoms with Gasteiger partial charge in [0, 0.05) is 5.02 Å². The van der Waals surface area contributed by atoms with E-state index in [4.69, 9.17) is 11.6 Å². The summed E-state index contributed by atoms with van der Waals surface area (Å²) in [6, 6.07) is 6.96. The van der Waals surface area contributed by atoms with E-state index in [1.807, 2.05) is 6.92 Å². The summed E-state index contributed by atoms with van der Waals surface area (Å²) < 4.78 is 0. The second kappa shape index (κ2) is 6.57. The lowest BCUT2D eigenvalue weighted by molar-refractivity contribution is -0.147. The fourth-order valence-corrected chi connectivity index (χ4v) is 2.12. The summed E-state index contributed by atoms with van der Waals surface area (Å²) in [6.45, 7) is 3.40. The normalized spacial score (nSPS) is 13.6. The first-order valence-corrected chi connectivity index (χ1v) is 6.54. The Bertz CT molecular complexity index is 476. The molecule has 4 nitrogen and oxygen atoms in total. The molecule has 0 bridgehead atoms. The molecule has 1 atom stereocenters. The van der Waals surface area contributed by atoms with Crippen molar-refractivity contribution in [3.8, 4) is 0 Å². The number of amides is 1. The highest BCUT2D eigenvalue weighted by Crippen LogP contribution is 2.14. The van der Waals surface area contributed by atoms with Gasteiger partial charge in [0.1, 0.15) is 5.54 Å². The van der Waals surface area contributed by atoms with E-state index >= 15 is 0 Å². The molecule has 0 spiro atoms. The second-order valence-corrected chi connectivity index (χ2v) is 5.18. The van der Waals surface area contributed by atoms with E-state index in [-0.39, 0.29) is 12.3 Å². The Balaban J connectivity index is 2.71. The summed E-state index contributed by atoms with van der Waals surface area (Å²) in [7, 11) is 0. The van der Waals surface area contributed by atoms with Gasteiger partial charge in [0.05, 0.1) is 6.42 Å². The Morgan fingerprint density at radius 2 is 2.11 bits per heavy atom. The zero-order valence-electron chi connectivity index (χ0n) is 11.1. The lowest BCUT2D eigenvalue weighted by atomic mass is 9.96. The first-order chi connectivity index (χ1) is 8.87. The van der Waals surface area contributed by atoms with Gasteiger partial charge in [-0.25, -0.2) is 4.79 Å². The smallest absolute Gasteiger partial charge is 0.329 e. The molecule has 1 amide bonds. The minimum absolute atomic E-state index is 0.118. The van der Waals surface area contributed by atoms with Crippen molar-refractivity contribution in [3.63, 3.8) is 0 Å². The molecule has 0 aliphatic rings. The maximum absolute atomic E-state index is 11.9. The number of carboxylic acids is 1. The van der Waals surface area contributed by atoms with Crippen LogP contribution in [0.5, 0.6) is 0 Å². The number of hydrogen-bond acceptors (Lipinski definition) is 2. The van der Waals surface area contributed by atoms with Gasteiger partial charge in [-0.1, -0.05) is 37.1 Å². The Morgan fingerprint density at radius 1 is 1.42 bits per heavy atom. The molecular formula is C14H18ClNO3. The van der Waals surface area contributed by atoms with Gasteiger partial charge >= 0.3 is 5.97 Å². The summed E-state index contributed by atoms with van der Waals surface area (Å²) in [4.78, 5) is 23.1. The first kappa shape index (κ1) is 15.5. The molecule has 1 aromatic carbocycles. The monoisotopic (exact) mass is 283 g/mol. The van der Waals surface area contributed by atoms with Gasteiger partial charge in [-0.15, -0.1) is 0 Å². The molecule has 0 saturated carbocycles. The molecule has 0 radical (unpaired) electrons. The molecule has 104 valence electrons. The van der Waals surface area contributed by atoms with Gasteiger partial charge in [0.15, 0.2) is 0 Å². The second-order valence-electron chi connectivity index (χ2n) is 4.74. The Kier molecular flexibility index (Phi) is 5.36. The van der Waals surface area contributed by atoms with Gasteiger partial charge in [-0.3, -0.25) is 4.79 Å². The van der Waals surface area contributed by atoms with Crippen molar-refractivity contribution in [2.45, 2.75) is 38.6 Å². The summed E-state index contributed by atoms with van der Waals surface area (Å²) in [5, 5.41) is 12.3. The highest BCUT2D eigenvalue weighted by Gasteiger charge is 2.33. The van der Waals surface area contributed by atoms with Crippen LogP contribution in [-0.2, 0) is 16.0 Å². The number of nitrogens with one attached hydrogen (secondary N) is 1. The summed E-state index contributed by atoms with van der Waals surface area (Å²) in [5.41, 5.74) is -0.459. The third kappa shape index (κ3) is 4.56. The van der Waals surface area contributed by atoms with E-state index in [0.29, 0.717) is 17.9 Å². The van der Waals surface area contributed by atoms with Crippen molar-refractivity contribution in [2.24, 2.45) is 0 Å². The van der Waals surface area contributed by atoms with Crippen molar-refractivity contribution >= 4 is 23.5 Å². The van der Waals surface area contributed by atoms with Crippen LogP contribution in [0, 0.1) is 0 Å². The summed E-state index contributed by atoms with van der Waals surface area (Å²) in [5.74, 6) is -1.34. The van der Waals surface area contributed by atoms with Gasteiger partial charge in [0.25, 0.3) is 0 Å². The zero-order chi connectivity index (χ0) is 14.5.